The molecule has 0 unspecified atom stereocenters. The van der Waals surface area contributed by atoms with Gasteiger partial charge in [0.2, 0.25) is 0 Å². The zero-order chi connectivity index (χ0) is 15.2. The van der Waals surface area contributed by atoms with Crippen LogP contribution < -0.4 is 16.2 Å². The zero-order valence-corrected chi connectivity index (χ0v) is 12.7. The summed E-state index contributed by atoms with van der Waals surface area (Å²) >= 11 is 1.45. The van der Waals surface area contributed by atoms with Crippen LogP contribution in [0, 0.1) is 11.8 Å². The molecule has 0 bridgehead atoms. The molecule has 1 aromatic heterocycles. The Bertz CT molecular complexity index is 739. The number of nitrogens with zero attached hydrogens (tertiary/aromatic N) is 2. The lowest BCUT2D eigenvalue weighted by Gasteiger charge is -2.08. The van der Waals surface area contributed by atoms with Crippen molar-refractivity contribution in [2.45, 2.75) is 10.9 Å². The summed E-state index contributed by atoms with van der Waals surface area (Å²) in [6.45, 7) is 0.325. The van der Waals surface area contributed by atoms with E-state index in [4.69, 9.17) is 10.5 Å². The van der Waals surface area contributed by atoms with Gasteiger partial charge in [-0.3, -0.25) is 4.57 Å². The first-order valence-corrected chi connectivity index (χ1v) is 7.24. The topological polar surface area (TPSA) is 85.9 Å². The van der Waals surface area contributed by atoms with Gasteiger partial charge in [-0.15, -0.1) is 5.10 Å². The van der Waals surface area contributed by atoms with E-state index < -0.39 is 0 Å². The van der Waals surface area contributed by atoms with Crippen LogP contribution in [-0.4, -0.2) is 28.4 Å². The van der Waals surface area contributed by atoms with Crippen molar-refractivity contribution < 1.29 is 4.74 Å². The van der Waals surface area contributed by atoms with Crippen LogP contribution in [0.3, 0.4) is 0 Å². The summed E-state index contributed by atoms with van der Waals surface area (Å²) in [5.74, 6) is 7.22. The van der Waals surface area contributed by atoms with E-state index in [2.05, 4.69) is 22.0 Å². The first-order valence-electron chi connectivity index (χ1n) is 6.25. The number of hydrogen-bond acceptors (Lipinski definition) is 5. The van der Waals surface area contributed by atoms with Crippen LogP contribution in [0.4, 0.5) is 0 Å². The first kappa shape index (κ1) is 15.2. The average molecular weight is 304 g/mol. The highest BCUT2D eigenvalue weighted by molar-refractivity contribution is 7.98. The standard InChI is InChI=1S/C14H16N4O2S/c1-18-13(19)16-17-14(18)21-9-11-8-10(4-3-7-15)5-6-12(11)20-2/h5-6,8H,7,9,15H2,1-2H3,(H,16,19). The molecule has 6 nitrogen and oxygen atoms in total. The number of ether oxygens (including phenoxy) is 1. The van der Waals surface area contributed by atoms with E-state index in [1.54, 1.807) is 14.2 Å². The van der Waals surface area contributed by atoms with Crippen LogP contribution in [0.25, 0.3) is 0 Å². The van der Waals surface area contributed by atoms with Crippen molar-refractivity contribution >= 4 is 11.8 Å². The minimum absolute atomic E-state index is 0.230. The van der Waals surface area contributed by atoms with Crippen LogP contribution in [0.1, 0.15) is 11.1 Å². The predicted octanol–water partition coefficient (Wildman–Crippen LogP) is 0.720. The van der Waals surface area contributed by atoms with Gasteiger partial charge in [-0.05, 0) is 18.2 Å². The maximum absolute atomic E-state index is 11.3. The minimum Gasteiger partial charge on any atom is -0.496 e. The predicted molar refractivity (Wildman–Crippen MR) is 82.3 cm³/mol. The van der Waals surface area contributed by atoms with E-state index >= 15 is 0 Å². The van der Waals surface area contributed by atoms with E-state index in [0.29, 0.717) is 17.5 Å². The number of thioether (sulfide) groups is 1. The van der Waals surface area contributed by atoms with Crippen LogP contribution in [0.5, 0.6) is 5.75 Å². The third-order valence-electron chi connectivity index (χ3n) is 2.81. The number of hydrogen-bond donors (Lipinski definition) is 2. The Morgan fingerprint density at radius 3 is 2.95 bits per heavy atom. The molecular formula is C14H16N4O2S. The van der Waals surface area contributed by atoms with Gasteiger partial charge in [0, 0.05) is 23.9 Å². The highest BCUT2D eigenvalue weighted by Crippen LogP contribution is 2.27. The second kappa shape index (κ2) is 7.02. The molecule has 1 heterocycles. The van der Waals surface area contributed by atoms with Crippen molar-refractivity contribution in [1.29, 1.82) is 0 Å². The largest absolute Gasteiger partial charge is 0.496 e. The Kier molecular flexibility index (Phi) is 5.09. The number of aromatic amines is 1. The minimum atomic E-state index is -0.230. The Hall–Kier alpha value is -2.17. The number of rotatable bonds is 4. The molecule has 0 amide bonds. The molecule has 0 aliphatic heterocycles. The van der Waals surface area contributed by atoms with Crippen LogP contribution in [0.15, 0.2) is 28.2 Å². The Labute approximate surface area is 126 Å². The quantitative estimate of drug-likeness (QED) is 0.642. The highest BCUT2D eigenvalue weighted by atomic mass is 32.2. The van der Waals surface area contributed by atoms with Crippen molar-refractivity contribution in [3.63, 3.8) is 0 Å². The molecule has 0 radical (unpaired) electrons. The van der Waals surface area contributed by atoms with Gasteiger partial charge < -0.3 is 10.5 Å². The molecule has 2 aromatic rings. The molecule has 0 aliphatic carbocycles. The van der Waals surface area contributed by atoms with Gasteiger partial charge in [0.25, 0.3) is 0 Å². The van der Waals surface area contributed by atoms with Gasteiger partial charge in [0.05, 0.1) is 13.7 Å². The Morgan fingerprint density at radius 2 is 2.33 bits per heavy atom. The molecular weight excluding hydrogens is 288 g/mol. The van der Waals surface area contributed by atoms with E-state index in [-0.39, 0.29) is 5.69 Å². The molecule has 0 saturated carbocycles. The average Bonchev–Trinajstić information content (AvgIpc) is 2.82. The van der Waals surface area contributed by atoms with Gasteiger partial charge >= 0.3 is 5.69 Å². The molecule has 3 N–H and O–H groups in total. The van der Waals surface area contributed by atoms with E-state index in [1.165, 1.54) is 16.3 Å². The van der Waals surface area contributed by atoms with E-state index in [1.807, 2.05) is 18.2 Å². The first-order chi connectivity index (χ1) is 10.2. The van der Waals surface area contributed by atoms with Crippen LogP contribution in [-0.2, 0) is 12.8 Å². The molecule has 0 fully saturated rings. The lowest BCUT2D eigenvalue weighted by atomic mass is 10.1. The summed E-state index contributed by atoms with van der Waals surface area (Å²) in [5, 5.41) is 7.00. The second-order valence-corrected chi connectivity index (χ2v) is 5.13. The van der Waals surface area contributed by atoms with Gasteiger partial charge in [-0.1, -0.05) is 23.6 Å². The molecule has 0 saturated heterocycles. The summed E-state index contributed by atoms with van der Waals surface area (Å²) < 4.78 is 6.81. The molecule has 110 valence electrons. The normalized spacial score (nSPS) is 10.0. The SMILES string of the molecule is COc1ccc(C#CCN)cc1CSc1n[nH]c(=O)n1C. The molecule has 1 aromatic carbocycles. The number of benzene rings is 1. The fourth-order valence-electron chi connectivity index (χ4n) is 1.73. The lowest BCUT2D eigenvalue weighted by molar-refractivity contribution is 0.411. The molecule has 2 rings (SSSR count). The maximum atomic E-state index is 11.3. The Balaban J connectivity index is 2.21. The smallest absolute Gasteiger partial charge is 0.343 e. The van der Waals surface area contributed by atoms with E-state index in [9.17, 15) is 4.79 Å². The molecule has 0 atom stereocenters. The molecule has 0 spiro atoms. The summed E-state index contributed by atoms with van der Waals surface area (Å²) in [5.41, 5.74) is 7.02. The molecule has 0 aliphatic rings. The van der Waals surface area contributed by atoms with Gasteiger partial charge in [-0.2, -0.15) is 0 Å². The summed E-state index contributed by atoms with van der Waals surface area (Å²) in [6.07, 6.45) is 0. The zero-order valence-electron chi connectivity index (χ0n) is 11.8. The van der Waals surface area contributed by atoms with E-state index in [0.717, 1.165) is 16.9 Å². The number of aromatic nitrogens is 3. The maximum Gasteiger partial charge on any atom is 0.343 e. The van der Waals surface area contributed by atoms with Crippen molar-refractivity contribution in [2.75, 3.05) is 13.7 Å². The number of H-pyrrole nitrogens is 1. The molecule has 7 heteroatoms. The lowest BCUT2D eigenvalue weighted by Crippen LogP contribution is -2.12. The van der Waals surface area contributed by atoms with Crippen molar-refractivity contribution in [3.05, 3.63) is 39.8 Å². The third kappa shape index (κ3) is 3.68. The highest BCUT2D eigenvalue weighted by Gasteiger charge is 2.09. The molecule has 21 heavy (non-hydrogen) atoms. The number of nitrogens with one attached hydrogen (secondary N) is 1. The summed E-state index contributed by atoms with van der Waals surface area (Å²) in [4.78, 5) is 11.3. The third-order valence-corrected chi connectivity index (χ3v) is 3.89. The van der Waals surface area contributed by atoms with Gasteiger partial charge in [-0.25, -0.2) is 9.89 Å². The van der Waals surface area contributed by atoms with Crippen molar-refractivity contribution in [3.8, 4) is 17.6 Å². The van der Waals surface area contributed by atoms with Gasteiger partial charge in [0.1, 0.15) is 5.75 Å². The van der Waals surface area contributed by atoms with Crippen LogP contribution >= 0.6 is 11.8 Å². The monoisotopic (exact) mass is 304 g/mol. The number of methoxy groups -OCH3 is 1. The number of nitrogens with two attached hydrogens (primary N) is 1. The summed E-state index contributed by atoms with van der Waals surface area (Å²) in [7, 11) is 3.30. The van der Waals surface area contributed by atoms with Crippen LogP contribution in [0.2, 0.25) is 0 Å². The van der Waals surface area contributed by atoms with Crippen molar-refractivity contribution in [2.24, 2.45) is 12.8 Å². The summed E-state index contributed by atoms with van der Waals surface area (Å²) in [6, 6.07) is 5.72. The fraction of sp³-hybridized carbons (Fsp3) is 0.286. The second-order valence-electron chi connectivity index (χ2n) is 4.19. The van der Waals surface area contributed by atoms with Crippen molar-refractivity contribution in [1.82, 2.24) is 14.8 Å². The van der Waals surface area contributed by atoms with Gasteiger partial charge in [0.15, 0.2) is 5.16 Å². The fourth-order valence-corrected chi connectivity index (χ4v) is 2.62. The Morgan fingerprint density at radius 1 is 1.52 bits per heavy atom.